The van der Waals surface area contributed by atoms with E-state index in [0.29, 0.717) is 18.4 Å². The summed E-state index contributed by atoms with van der Waals surface area (Å²) < 4.78 is 5.42. The van der Waals surface area contributed by atoms with Crippen LogP contribution in [0, 0.1) is 11.3 Å². The monoisotopic (exact) mass is 268 g/mol. The summed E-state index contributed by atoms with van der Waals surface area (Å²) in [7, 11) is 0. The number of hydrogen-bond donors (Lipinski definition) is 1. The molecule has 0 aromatic heterocycles. The second kappa shape index (κ2) is 6.71. The number of carbonyl (C=O) groups is 1. The molecule has 0 aromatic carbocycles. The molecule has 1 aliphatic carbocycles. The number of ether oxygens (including phenoxy) is 1. The average Bonchev–Trinajstić information content (AvgIpc) is 2.97. The Balaban J connectivity index is 2.00. The maximum atomic E-state index is 12.9. The Bertz CT molecular complexity index is 295. The summed E-state index contributed by atoms with van der Waals surface area (Å²) in [5.74, 6) is 0.811. The quantitative estimate of drug-likeness (QED) is 0.827. The van der Waals surface area contributed by atoms with Crippen LogP contribution in [0.15, 0.2) is 0 Å². The first-order valence-corrected chi connectivity index (χ1v) is 7.79. The standard InChI is InChI=1S/C15H28N2O2/c1-2-17(10-13-6-9-19-11-13)14(18)15(12-16)7-4-3-5-8-15/h13H,2-12,16H2,1H3. The van der Waals surface area contributed by atoms with E-state index in [0.717, 1.165) is 58.4 Å². The minimum Gasteiger partial charge on any atom is -0.381 e. The Hall–Kier alpha value is -0.610. The van der Waals surface area contributed by atoms with E-state index in [1.807, 2.05) is 4.90 Å². The van der Waals surface area contributed by atoms with Gasteiger partial charge in [0.2, 0.25) is 5.91 Å². The van der Waals surface area contributed by atoms with E-state index in [1.54, 1.807) is 0 Å². The van der Waals surface area contributed by atoms with E-state index in [-0.39, 0.29) is 5.41 Å². The molecule has 110 valence electrons. The minimum atomic E-state index is -0.270. The molecule has 1 aliphatic heterocycles. The molecule has 1 saturated carbocycles. The van der Waals surface area contributed by atoms with Crippen LogP contribution in [-0.4, -0.2) is 43.7 Å². The average molecular weight is 268 g/mol. The molecule has 4 heteroatoms. The van der Waals surface area contributed by atoms with Gasteiger partial charge in [-0.15, -0.1) is 0 Å². The number of nitrogens with zero attached hydrogens (tertiary/aromatic N) is 1. The molecular weight excluding hydrogens is 240 g/mol. The highest BCUT2D eigenvalue weighted by molar-refractivity contribution is 5.83. The second-order valence-corrected chi connectivity index (χ2v) is 6.12. The van der Waals surface area contributed by atoms with Gasteiger partial charge in [-0.1, -0.05) is 19.3 Å². The fraction of sp³-hybridized carbons (Fsp3) is 0.933. The molecule has 0 bridgehead atoms. The van der Waals surface area contributed by atoms with E-state index in [1.165, 1.54) is 6.42 Å². The van der Waals surface area contributed by atoms with Gasteiger partial charge in [-0.2, -0.15) is 0 Å². The molecule has 0 spiro atoms. The predicted molar refractivity (Wildman–Crippen MR) is 75.8 cm³/mol. The van der Waals surface area contributed by atoms with Gasteiger partial charge in [0.1, 0.15) is 0 Å². The van der Waals surface area contributed by atoms with Crippen molar-refractivity contribution in [1.82, 2.24) is 4.90 Å². The second-order valence-electron chi connectivity index (χ2n) is 6.12. The van der Waals surface area contributed by atoms with Crippen molar-refractivity contribution in [2.45, 2.75) is 45.4 Å². The van der Waals surface area contributed by atoms with Crippen LogP contribution in [0.2, 0.25) is 0 Å². The van der Waals surface area contributed by atoms with Crippen molar-refractivity contribution in [2.75, 3.05) is 32.8 Å². The van der Waals surface area contributed by atoms with Gasteiger partial charge in [0.05, 0.1) is 12.0 Å². The summed E-state index contributed by atoms with van der Waals surface area (Å²) in [6.45, 7) is 5.86. The molecule has 2 rings (SSSR count). The lowest BCUT2D eigenvalue weighted by Gasteiger charge is -2.39. The minimum absolute atomic E-state index is 0.270. The largest absolute Gasteiger partial charge is 0.381 e. The molecule has 1 saturated heterocycles. The van der Waals surface area contributed by atoms with E-state index in [9.17, 15) is 4.79 Å². The van der Waals surface area contributed by atoms with Gasteiger partial charge in [0, 0.05) is 32.2 Å². The first kappa shape index (κ1) is 14.8. The van der Waals surface area contributed by atoms with Gasteiger partial charge >= 0.3 is 0 Å². The molecule has 2 aliphatic rings. The normalized spacial score (nSPS) is 26.3. The number of hydrogen-bond acceptors (Lipinski definition) is 3. The lowest BCUT2D eigenvalue weighted by molar-refractivity contribution is -0.144. The van der Waals surface area contributed by atoms with Gasteiger partial charge in [0.15, 0.2) is 0 Å². The van der Waals surface area contributed by atoms with E-state index < -0.39 is 0 Å². The lowest BCUT2D eigenvalue weighted by atomic mass is 9.73. The van der Waals surface area contributed by atoms with Gasteiger partial charge in [-0.3, -0.25) is 4.79 Å². The van der Waals surface area contributed by atoms with Crippen LogP contribution in [-0.2, 0) is 9.53 Å². The smallest absolute Gasteiger partial charge is 0.230 e. The summed E-state index contributed by atoms with van der Waals surface area (Å²) in [5.41, 5.74) is 5.70. The van der Waals surface area contributed by atoms with Crippen LogP contribution in [0.5, 0.6) is 0 Å². The summed E-state index contributed by atoms with van der Waals surface area (Å²) in [6, 6.07) is 0. The first-order valence-electron chi connectivity index (χ1n) is 7.79. The third-order valence-corrected chi connectivity index (χ3v) is 4.83. The molecule has 1 atom stereocenters. The van der Waals surface area contributed by atoms with E-state index in [4.69, 9.17) is 10.5 Å². The fourth-order valence-electron chi connectivity index (χ4n) is 3.46. The number of carbonyl (C=O) groups excluding carboxylic acids is 1. The van der Waals surface area contributed by atoms with E-state index >= 15 is 0 Å². The topological polar surface area (TPSA) is 55.6 Å². The molecule has 2 fully saturated rings. The van der Waals surface area contributed by atoms with E-state index in [2.05, 4.69) is 6.92 Å². The Kier molecular flexibility index (Phi) is 5.22. The van der Waals surface area contributed by atoms with Gasteiger partial charge < -0.3 is 15.4 Å². The van der Waals surface area contributed by atoms with Crippen LogP contribution < -0.4 is 5.73 Å². The molecule has 0 aromatic rings. The van der Waals surface area contributed by atoms with Crippen LogP contribution in [0.25, 0.3) is 0 Å². The highest BCUT2D eigenvalue weighted by Crippen LogP contribution is 2.37. The van der Waals surface area contributed by atoms with Crippen LogP contribution in [0.3, 0.4) is 0 Å². The van der Waals surface area contributed by atoms with Crippen molar-refractivity contribution in [2.24, 2.45) is 17.1 Å². The molecular formula is C15H28N2O2. The van der Waals surface area contributed by atoms with Crippen molar-refractivity contribution in [3.63, 3.8) is 0 Å². The molecule has 4 nitrogen and oxygen atoms in total. The van der Waals surface area contributed by atoms with Crippen molar-refractivity contribution in [3.05, 3.63) is 0 Å². The van der Waals surface area contributed by atoms with Crippen molar-refractivity contribution < 1.29 is 9.53 Å². The number of amides is 1. The zero-order valence-electron chi connectivity index (χ0n) is 12.2. The van der Waals surface area contributed by atoms with Crippen LogP contribution in [0.1, 0.15) is 45.4 Å². The lowest BCUT2D eigenvalue weighted by Crippen LogP contribution is -2.50. The van der Waals surface area contributed by atoms with Crippen LogP contribution in [0.4, 0.5) is 0 Å². The zero-order chi connectivity index (χ0) is 13.7. The maximum absolute atomic E-state index is 12.9. The molecule has 1 heterocycles. The highest BCUT2D eigenvalue weighted by atomic mass is 16.5. The van der Waals surface area contributed by atoms with Crippen molar-refractivity contribution in [1.29, 1.82) is 0 Å². The Morgan fingerprint density at radius 3 is 2.63 bits per heavy atom. The summed E-state index contributed by atoms with van der Waals surface area (Å²) >= 11 is 0. The third-order valence-electron chi connectivity index (χ3n) is 4.83. The van der Waals surface area contributed by atoms with Gasteiger partial charge in [0.25, 0.3) is 0 Å². The molecule has 19 heavy (non-hydrogen) atoms. The van der Waals surface area contributed by atoms with Gasteiger partial charge in [-0.25, -0.2) is 0 Å². The molecule has 1 amide bonds. The van der Waals surface area contributed by atoms with Gasteiger partial charge in [-0.05, 0) is 26.2 Å². The summed E-state index contributed by atoms with van der Waals surface area (Å²) in [4.78, 5) is 14.9. The summed E-state index contributed by atoms with van der Waals surface area (Å²) in [5, 5.41) is 0. The van der Waals surface area contributed by atoms with Crippen LogP contribution >= 0.6 is 0 Å². The Morgan fingerprint density at radius 2 is 2.11 bits per heavy atom. The Labute approximate surface area is 116 Å². The maximum Gasteiger partial charge on any atom is 0.230 e. The Morgan fingerprint density at radius 1 is 1.37 bits per heavy atom. The van der Waals surface area contributed by atoms with Crippen molar-refractivity contribution in [3.8, 4) is 0 Å². The highest BCUT2D eigenvalue weighted by Gasteiger charge is 2.41. The SMILES string of the molecule is CCN(CC1CCOC1)C(=O)C1(CN)CCCCC1. The predicted octanol–water partition coefficient (Wildman–Crippen LogP) is 1.78. The fourth-order valence-corrected chi connectivity index (χ4v) is 3.46. The number of rotatable bonds is 5. The summed E-state index contributed by atoms with van der Waals surface area (Å²) in [6.07, 6.45) is 6.57. The third kappa shape index (κ3) is 3.29. The molecule has 1 unspecified atom stereocenters. The molecule has 0 radical (unpaired) electrons. The first-order chi connectivity index (χ1) is 9.22. The van der Waals surface area contributed by atoms with Crippen molar-refractivity contribution >= 4 is 5.91 Å². The zero-order valence-corrected chi connectivity index (χ0v) is 12.2. The number of nitrogens with two attached hydrogens (primary N) is 1. The molecule has 2 N–H and O–H groups in total.